The number of hydrogen-bond acceptors (Lipinski definition) is 16. The van der Waals surface area contributed by atoms with Gasteiger partial charge in [0.05, 0.1) is 24.9 Å². The average molecular weight is 708 g/mol. The number of nitrogen functional groups attached to an aromatic ring is 2. The molecule has 7 heterocycles. The second kappa shape index (κ2) is 11.3. The predicted molar refractivity (Wildman–Crippen MR) is 160 cm³/mol. The van der Waals surface area contributed by atoms with Crippen molar-refractivity contribution in [2.45, 2.75) is 48.4 Å². The Morgan fingerprint density at radius 2 is 1.66 bits per heavy atom. The quantitative estimate of drug-likeness (QED) is 0.112. The molecule has 18 nitrogen and oxygen atoms in total. The van der Waals surface area contributed by atoms with Crippen LogP contribution in [0.25, 0.3) is 22.2 Å². The van der Waals surface area contributed by atoms with Crippen LogP contribution in [0.15, 0.2) is 31.2 Å². The highest BCUT2D eigenvalue weighted by Gasteiger charge is 2.52. The number of imidazole rings is 1. The number of aliphatic hydroxyl groups is 1. The third kappa shape index (κ3) is 5.41. The number of nitrogens with two attached hydrogens (primary N) is 2. The van der Waals surface area contributed by atoms with Gasteiger partial charge in [0, 0.05) is 6.20 Å². The number of hydrogen-bond donors (Lipinski definition) is 5. The molecule has 3 aliphatic rings. The summed E-state index contributed by atoms with van der Waals surface area (Å²) in [4.78, 5) is 31.7. The molecule has 44 heavy (non-hydrogen) atoms. The molecule has 3 aliphatic heterocycles. The van der Waals surface area contributed by atoms with Crippen LogP contribution >= 0.6 is 37.4 Å². The average Bonchev–Trinajstić information content (AvgIpc) is 3.73. The first-order valence-corrected chi connectivity index (χ1v) is 18.6. The fraction of sp³-hybridized carbons (Fsp3) is 0.476. The van der Waals surface area contributed by atoms with E-state index in [1.165, 1.54) is 23.5 Å². The summed E-state index contributed by atoms with van der Waals surface area (Å²) >= 11 is 16.3. The smallest absolute Gasteiger partial charge is 0.386 e. The normalized spacial score (nSPS) is 38.3. The number of fused-ring (bicyclic) bond motifs is 5. The van der Waals surface area contributed by atoms with Crippen molar-refractivity contribution in [1.82, 2.24) is 34.1 Å². The van der Waals surface area contributed by atoms with Crippen molar-refractivity contribution >= 4 is 83.0 Å². The van der Waals surface area contributed by atoms with Gasteiger partial charge in [-0.1, -0.05) is 12.2 Å². The van der Waals surface area contributed by atoms with Crippen LogP contribution in [-0.2, 0) is 43.9 Å². The number of alkyl halides is 1. The van der Waals surface area contributed by atoms with Gasteiger partial charge < -0.3 is 40.0 Å². The van der Waals surface area contributed by atoms with Gasteiger partial charge in [0.25, 0.3) is 0 Å². The molecule has 10 atom stereocenters. The highest BCUT2D eigenvalue weighted by atomic mass is 35.5. The van der Waals surface area contributed by atoms with E-state index >= 15 is 0 Å². The van der Waals surface area contributed by atoms with Gasteiger partial charge in [0.1, 0.15) is 65.5 Å². The lowest BCUT2D eigenvalue weighted by Crippen LogP contribution is -2.35. The maximum absolute atomic E-state index is 13.5. The molecule has 2 unspecified atom stereocenters. The van der Waals surface area contributed by atoms with E-state index in [0.29, 0.717) is 11.0 Å². The van der Waals surface area contributed by atoms with Crippen molar-refractivity contribution < 1.29 is 42.1 Å². The number of ether oxygens (including phenoxy) is 2. The van der Waals surface area contributed by atoms with Gasteiger partial charge in [0.2, 0.25) is 0 Å². The predicted octanol–water partition coefficient (Wildman–Crippen LogP) is 1.27. The molecule has 7 rings (SSSR count). The third-order valence-electron chi connectivity index (χ3n) is 7.37. The summed E-state index contributed by atoms with van der Waals surface area (Å²) in [6.07, 6.45) is -2.67. The number of halogens is 1. The molecule has 4 aromatic rings. The Balaban J connectivity index is 1.20. The molecule has 6 N–H and O–H groups in total. The minimum atomic E-state index is -4.18. The molecule has 23 heteroatoms. The zero-order chi connectivity index (χ0) is 31.0. The molecule has 0 radical (unpaired) electrons. The summed E-state index contributed by atoms with van der Waals surface area (Å²) in [5, 5.41) is 10.7. The number of nitrogens with zero attached hydrogens (tertiary/aromatic N) is 7. The molecule has 0 spiro atoms. The van der Waals surface area contributed by atoms with E-state index in [1.54, 1.807) is 16.8 Å². The van der Waals surface area contributed by atoms with E-state index in [1.807, 2.05) is 0 Å². The number of aromatic nitrogens is 7. The van der Waals surface area contributed by atoms with Crippen LogP contribution in [0, 0.1) is 0 Å². The van der Waals surface area contributed by atoms with Crippen LogP contribution in [0.2, 0.25) is 0 Å². The minimum Gasteiger partial charge on any atom is -0.387 e. The minimum absolute atomic E-state index is 0.112. The van der Waals surface area contributed by atoms with Gasteiger partial charge in [-0.15, -0.1) is 11.6 Å². The van der Waals surface area contributed by atoms with Crippen molar-refractivity contribution in [3.8, 4) is 0 Å². The molecule has 3 fully saturated rings. The molecular formula is C21H24ClN9O9P2S2. The van der Waals surface area contributed by atoms with Gasteiger partial charge in [-0.3, -0.25) is 18.1 Å². The van der Waals surface area contributed by atoms with Crippen molar-refractivity contribution in [2.75, 3.05) is 24.7 Å². The maximum Gasteiger partial charge on any atom is 0.386 e. The van der Waals surface area contributed by atoms with Crippen molar-refractivity contribution in [2.24, 2.45) is 0 Å². The van der Waals surface area contributed by atoms with Gasteiger partial charge >= 0.3 is 13.5 Å². The maximum atomic E-state index is 13.5. The molecule has 4 aromatic heterocycles. The van der Waals surface area contributed by atoms with E-state index in [9.17, 15) is 14.6 Å². The highest BCUT2D eigenvalue weighted by Crippen LogP contribution is 2.58. The van der Waals surface area contributed by atoms with Gasteiger partial charge in [-0.25, -0.2) is 29.5 Å². The van der Waals surface area contributed by atoms with E-state index in [4.69, 9.17) is 62.4 Å². The van der Waals surface area contributed by atoms with Gasteiger partial charge in [0.15, 0.2) is 23.9 Å². The SMILES string of the molecule is Nc1ncnc2c1ccn2[C@@H]1O[C@@H]2COP(O)(=S)O[C@@H]3[C@H](O)[C@@H](COP(=O)(S)O[C@H]2[C@H]1Cl)O[C@H]3n1cnc2c(N)ncnc21. The van der Waals surface area contributed by atoms with Gasteiger partial charge in [-0.05, 0) is 17.9 Å². The van der Waals surface area contributed by atoms with E-state index < -0.39 is 75.1 Å². The fourth-order valence-corrected chi connectivity index (χ4v) is 8.70. The molecular weight excluding hydrogens is 684 g/mol. The third-order valence-corrected chi connectivity index (χ3v) is 11.0. The Hall–Kier alpha value is -2.03. The van der Waals surface area contributed by atoms with Crippen LogP contribution in [-0.4, -0.2) is 93.2 Å². The van der Waals surface area contributed by atoms with Crippen LogP contribution in [0.5, 0.6) is 0 Å². The van der Waals surface area contributed by atoms with E-state index in [2.05, 4.69) is 37.2 Å². The van der Waals surface area contributed by atoms with E-state index in [0.717, 1.165) is 0 Å². The van der Waals surface area contributed by atoms with Crippen LogP contribution in [0.4, 0.5) is 11.6 Å². The molecule has 0 aliphatic carbocycles. The summed E-state index contributed by atoms with van der Waals surface area (Å²) in [5.74, 6) is 0.365. The standard InChI is InChI=1S/C21H24ClN9O9P2S2/c22-11-14-10(38-20(11)30-2-1-8-16(23)25-5-27-18(8)30)4-36-42(34,44)40-15-13(32)9(3-35-41(33,43)39-14)37-21(15)31-7-29-12-17(24)26-6-28-19(12)31/h1-2,5-7,9-11,13-15,20-21,32H,3-4H2,(H,33,43)(H,34,44)(H2,23,25,27)(H2,24,26,28)/t9-,10-,11-,13-,14-,15-,20-,21-,41?,42?/m1/s1. The highest BCUT2D eigenvalue weighted by molar-refractivity contribution is 8.44. The first kappa shape index (κ1) is 30.6. The number of aliphatic hydroxyl groups excluding tert-OH is 1. The largest absolute Gasteiger partial charge is 0.387 e. The Morgan fingerprint density at radius 1 is 0.955 bits per heavy atom. The van der Waals surface area contributed by atoms with Crippen molar-refractivity contribution in [1.29, 1.82) is 0 Å². The van der Waals surface area contributed by atoms with Crippen LogP contribution in [0.1, 0.15) is 12.5 Å². The second-order valence-electron chi connectivity index (χ2n) is 10.0. The zero-order valence-corrected chi connectivity index (χ0v) is 26.3. The Labute approximate surface area is 262 Å². The molecule has 2 bridgehead atoms. The Bertz CT molecular complexity index is 1840. The summed E-state index contributed by atoms with van der Waals surface area (Å²) in [5.41, 5.74) is 12.8. The second-order valence-corrected chi connectivity index (χ2v) is 16.2. The summed E-state index contributed by atoms with van der Waals surface area (Å²) in [6.45, 7) is -9.19. The molecule has 236 valence electrons. The Kier molecular flexibility index (Phi) is 7.89. The van der Waals surface area contributed by atoms with E-state index in [-0.39, 0.29) is 22.8 Å². The first-order valence-electron chi connectivity index (χ1n) is 12.9. The zero-order valence-electron chi connectivity index (χ0n) is 22.1. The Morgan fingerprint density at radius 3 is 2.45 bits per heavy atom. The topological polar surface area (TPSA) is 239 Å². The van der Waals surface area contributed by atoms with Crippen molar-refractivity contribution in [3.05, 3.63) is 31.2 Å². The van der Waals surface area contributed by atoms with Crippen LogP contribution in [0.3, 0.4) is 0 Å². The molecule has 0 saturated carbocycles. The van der Waals surface area contributed by atoms with Crippen molar-refractivity contribution in [3.63, 3.8) is 0 Å². The lowest BCUT2D eigenvalue weighted by atomic mass is 10.1. The molecule has 0 aromatic carbocycles. The summed E-state index contributed by atoms with van der Waals surface area (Å²) < 4.78 is 51.5. The fourth-order valence-electron chi connectivity index (χ4n) is 5.33. The monoisotopic (exact) mass is 707 g/mol. The molecule has 0 amide bonds. The first-order chi connectivity index (χ1) is 20.9. The summed E-state index contributed by atoms with van der Waals surface area (Å²) in [6, 6.07) is 1.69. The summed E-state index contributed by atoms with van der Waals surface area (Å²) in [7, 11) is 0. The number of anilines is 2. The van der Waals surface area contributed by atoms with Crippen LogP contribution < -0.4 is 11.5 Å². The number of thiol groups is 1. The van der Waals surface area contributed by atoms with Gasteiger partial charge in [-0.2, -0.15) is 0 Å². The molecule has 3 saturated heterocycles. The lowest BCUT2D eigenvalue weighted by molar-refractivity contribution is -0.0583. The number of rotatable bonds is 2. The lowest BCUT2D eigenvalue weighted by Gasteiger charge is -2.27.